The minimum absolute atomic E-state index is 0.00898. The number of esters is 1. The van der Waals surface area contributed by atoms with Crippen LogP contribution in [0, 0.1) is 11.8 Å². The molecule has 1 aliphatic carbocycles. The molecule has 1 saturated carbocycles. The van der Waals surface area contributed by atoms with Crippen LogP contribution in [-0.4, -0.2) is 11.6 Å². The van der Waals surface area contributed by atoms with Crippen molar-refractivity contribution in [1.82, 2.24) is 0 Å². The Morgan fingerprint density at radius 3 is 2.18 bits per heavy atom. The van der Waals surface area contributed by atoms with Gasteiger partial charge in [-0.2, -0.15) is 0 Å². The van der Waals surface area contributed by atoms with E-state index in [0.29, 0.717) is 5.92 Å². The third kappa shape index (κ3) is 3.46. The molecule has 0 aromatic heterocycles. The topological polar surface area (TPSA) is 26.3 Å². The van der Waals surface area contributed by atoms with Crippen molar-refractivity contribution in [2.24, 2.45) is 11.8 Å². The molecule has 1 aliphatic rings. The van der Waals surface area contributed by atoms with Gasteiger partial charge in [0.25, 0.3) is 0 Å². The Morgan fingerprint density at radius 2 is 1.71 bits per heavy atom. The van der Waals surface area contributed by atoms with E-state index < -0.39 is 0 Å². The minimum Gasteiger partial charge on any atom is -0.459 e. The number of carbonyl (C=O) groups is 1. The normalized spacial score (nSPS) is 22.8. The van der Waals surface area contributed by atoms with E-state index in [2.05, 4.69) is 13.8 Å². The van der Waals surface area contributed by atoms with E-state index in [0.717, 1.165) is 25.7 Å². The Labute approximate surface area is 106 Å². The van der Waals surface area contributed by atoms with Crippen LogP contribution in [-0.2, 0) is 9.53 Å². The molecule has 1 fully saturated rings. The predicted octanol–water partition coefficient (Wildman–Crippen LogP) is 4.32. The van der Waals surface area contributed by atoms with E-state index in [-0.39, 0.29) is 17.5 Å². The quantitative estimate of drug-likeness (QED) is 0.669. The van der Waals surface area contributed by atoms with Gasteiger partial charge in [0.2, 0.25) is 0 Å². The summed E-state index contributed by atoms with van der Waals surface area (Å²) in [7, 11) is 0. The van der Waals surface area contributed by atoms with Crippen molar-refractivity contribution in [1.29, 1.82) is 0 Å². The summed E-state index contributed by atoms with van der Waals surface area (Å²) in [6, 6.07) is 0. The van der Waals surface area contributed by atoms with E-state index in [9.17, 15) is 4.79 Å². The van der Waals surface area contributed by atoms with E-state index in [1.165, 1.54) is 19.3 Å². The highest BCUT2D eigenvalue weighted by atomic mass is 16.6. The Hall–Kier alpha value is -0.530. The molecule has 0 aliphatic heterocycles. The Balaban J connectivity index is 2.73. The van der Waals surface area contributed by atoms with Gasteiger partial charge in [-0.25, -0.2) is 0 Å². The number of rotatable bonds is 5. The number of carbonyl (C=O) groups excluding carboxylic acids is 1. The first-order chi connectivity index (χ1) is 8.05. The zero-order valence-corrected chi connectivity index (χ0v) is 11.9. The van der Waals surface area contributed by atoms with Crippen molar-refractivity contribution in [3.05, 3.63) is 0 Å². The monoisotopic (exact) mass is 240 g/mol. The van der Waals surface area contributed by atoms with Gasteiger partial charge in [0, 0.05) is 0 Å². The lowest BCUT2D eigenvalue weighted by Gasteiger charge is -2.41. The molecule has 0 spiro atoms. The van der Waals surface area contributed by atoms with Crippen LogP contribution in [0.3, 0.4) is 0 Å². The summed E-state index contributed by atoms with van der Waals surface area (Å²) < 4.78 is 5.95. The van der Waals surface area contributed by atoms with Crippen LogP contribution >= 0.6 is 0 Å². The highest BCUT2D eigenvalue weighted by Crippen LogP contribution is 2.39. The van der Waals surface area contributed by atoms with Gasteiger partial charge < -0.3 is 4.74 Å². The first-order valence-corrected chi connectivity index (χ1v) is 7.28. The van der Waals surface area contributed by atoms with Crippen LogP contribution in [0.25, 0.3) is 0 Å². The fourth-order valence-corrected chi connectivity index (χ4v) is 2.69. The van der Waals surface area contributed by atoms with E-state index in [1.54, 1.807) is 0 Å². The van der Waals surface area contributed by atoms with Crippen LogP contribution in [0.2, 0.25) is 0 Å². The van der Waals surface area contributed by atoms with Crippen LogP contribution in [0.5, 0.6) is 0 Å². The van der Waals surface area contributed by atoms with Gasteiger partial charge in [-0.3, -0.25) is 4.79 Å². The lowest BCUT2D eigenvalue weighted by molar-refractivity contribution is -0.175. The maximum Gasteiger partial charge on any atom is 0.309 e. The first-order valence-electron chi connectivity index (χ1n) is 7.28. The molecule has 2 atom stereocenters. The molecule has 0 N–H and O–H groups in total. The van der Waals surface area contributed by atoms with Crippen LogP contribution in [0.15, 0.2) is 0 Å². The van der Waals surface area contributed by atoms with Crippen molar-refractivity contribution < 1.29 is 9.53 Å². The van der Waals surface area contributed by atoms with E-state index >= 15 is 0 Å². The number of hydrogen-bond donors (Lipinski definition) is 0. The standard InChI is InChI=1S/C15H28O2/c1-5-12(3)14(16)17-15(13(4)6-2)10-8-7-9-11-15/h12-13H,5-11H2,1-4H3. The smallest absolute Gasteiger partial charge is 0.309 e. The molecule has 100 valence electrons. The highest BCUT2D eigenvalue weighted by molar-refractivity contribution is 5.72. The Bertz CT molecular complexity index is 241. The fraction of sp³-hybridized carbons (Fsp3) is 0.933. The summed E-state index contributed by atoms with van der Waals surface area (Å²) in [4.78, 5) is 12.0. The maximum atomic E-state index is 12.0. The zero-order chi connectivity index (χ0) is 12.9. The number of hydrogen-bond acceptors (Lipinski definition) is 2. The van der Waals surface area contributed by atoms with Crippen LogP contribution < -0.4 is 0 Å². The van der Waals surface area contributed by atoms with E-state index in [1.807, 2.05) is 13.8 Å². The molecule has 2 unspecified atom stereocenters. The van der Waals surface area contributed by atoms with Crippen molar-refractivity contribution >= 4 is 5.97 Å². The molecule has 1 rings (SSSR count). The summed E-state index contributed by atoms with van der Waals surface area (Å²) in [5, 5.41) is 0. The lowest BCUT2D eigenvalue weighted by Crippen LogP contribution is -2.44. The summed E-state index contributed by atoms with van der Waals surface area (Å²) in [5.74, 6) is 0.531. The molecule has 0 heterocycles. The van der Waals surface area contributed by atoms with Crippen molar-refractivity contribution in [2.45, 2.75) is 78.2 Å². The summed E-state index contributed by atoms with van der Waals surface area (Å²) in [6.07, 6.45) is 7.78. The molecule has 0 amide bonds. The second-order valence-corrected chi connectivity index (χ2v) is 5.67. The average Bonchev–Trinajstić information content (AvgIpc) is 2.37. The second-order valence-electron chi connectivity index (χ2n) is 5.67. The first kappa shape index (κ1) is 14.5. The number of ether oxygens (including phenoxy) is 1. The maximum absolute atomic E-state index is 12.0. The predicted molar refractivity (Wildman–Crippen MR) is 70.8 cm³/mol. The molecule has 2 heteroatoms. The SMILES string of the molecule is CCC(C)C(=O)OC1(C(C)CC)CCCCC1. The Morgan fingerprint density at radius 1 is 1.12 bits per heavy atom. The molecule has 0 bridgehead atoms. The van der Waals surface area contributed by atoms with Gasteiger partial charge in [-0.05, 0) is 44.4 Å². The lowest BCUT2D eigenvalue weighted by atomic mass is 9.75. The van der Waals surface area contributed by atoms with Gasteiger partial charge in [0.1, 0.15) is 5.60 Å². The van der Waals surface area contributed by atoms with Gasteiger partial charge in [-0.1, -0.05) is 34.1 Å². The summed E-state index contributed by atoms with van der Waals surface area (Å²) in [5.41, 5.74) is -0.159. The van der Waals surface area contributed by atoms with Crippen molar-refractivity contribution in [3.63, 3.8) is 0 Å². The fourth-order valence-electron chi connectivity index (χ4n) is 2.69. The third-order valence-electron chi connectivity index (χ3n) is 4.53. The third-order valence-corrected chi connectivity index (χ3v) is 4.53. The largest absolute Gasteiger partial charge is 0.459 e. The molecule has 0 saturated heterocycles. The molecular formula is C15H28O2. The van der Waals surface area contributed by atoms with Gasteiger partial charge in [0.05, 0.1) is 5.92 Å². The minimum atomic E-state index is -0.159. The average molecular weight is 240 g/mol. The summed E-state index contributed by atoms with van der Waals surface area (Å²) >= 11 is 0. The highest BCUT2D eigenvalue weighted by Gasteiger charge is 2.40. The molecule has 17 heavy (non-hydrogen) atoms. The summed E-state index contributed by atoms with van der Waals surface area (Å²) in [6.45, 7) is 8.44. The van der Waals surface area contributed by atoms with E-state index in [4.69, 9.17) is 4.74 Å². The van der Waals surface area contributed by atoms with Crippen molar-refractivity contribution in [2.75, 3.05) is 0 Å². The second kappa shape index (κ2) is 6.42. The Kier molecular flexibility index (Phi) is 5.48. The van der Waals surface area contributed by atoms with Gasteiger partial charge in [0.15, 0.2) is 0 Å². The van der Waals surface area contributed by atoms with Gasteiger partial charge >= 0.3 is 5.97 Å². The molecule has 0 aromatic carbocycles. The van der Waals surface area contributed by atoms with Crippen LogP contribution in [0.4, 0.5) is 0 Å². The molecular weight excluding hydrogens is 212 g/mol. The van der Waals surface area contributed by atoms with Crippen molar-refractivity contribution in [3.8, 4) is 0 Å². The van der Waals surface area contributed by atoms with Crippen LogP contribution in [0.1, 0.15) is 72.6 Å². The molecule has 0 aromatic rings. The van der Waals surface area contributed by atoms with Gasteiger partial charge in [-0.15, -0.1) is 0 Å². The zero-order valence-electron chi connectivity index (χ0n) is 11.9. The molecule has 2 nitrogen and oxygen atoms in total. The molecule has 0 radical (unpaired) electrons.